The second-order valence-corrected chi connectivity index (χ2v) is 4.90. The highest BCUT2D eigenvalue weighted by molar-refractivity contribution is 5.77. The van der Waals surface area contributed by atoms with Crippen molar-refractivity contribution in [1.29, 1.82) is 0 Å². The van der Waals surface area contributed by atoms with E-state index < -0.39 is 29.5 Å². The van der Waals surface area contributed by atoms with Gasteiger partial charge in [-0.3, -0.25) is 5.32 Å². The molecule has 1 unspecified atom stereocenters. The maximum absolute atomic E-state index is 13.3. The van der Waals surface area contributed by atoms with Gasteiger partial charge in [-0.05, 0) is 30.5 Å². The van der Waals surface area contributed by atoms with Gasteiger partial charge >= 0.3 is 5.97 Å². The number of ether oxygens (including phenoxy) is 1. The van der Waals surface area contributed by atoms with Gasteiger partial charge in [0.15, 0.2) is 17.5 Å². The molecule has 1 N–H and O–H groups in total. The van der Waals surface area contributed by atoms with Gasteiger partial charge < -0.3 is 4.74 Å². The highest BCUT2D eigenvalue weighted by Gasteiger charge is 2.28. The summed E-state index contributed by atoms with van der Waals surface area (Å²) in [6.07, 6.45) is 3.86. The second kappa shape index (κ2) is 6.26. The van der Waals surface area contributed by atoms with Crippen LogP contribution in [-0.2, 0) is 9.53 Å². The zero-order valence-corrected chi connectivity index (χ0v) is 11.1. The number of hydrogen-bond acceptors (Lipinski definition) is 3. The number of hydrogen-bond donors (Lipinski definition) is 1. The van der Waals surface area contributed by atoms with Gasteiger partial charge in [0.1, 0.15) is 6.04 Å². The maximum Gasteiger partial charge on any atom is 0.327 e. The van der Waals surface area contributed by atoms with Crippen LogP contribution in [0.5, 0.6) is 0 Å². The first kappa shape index (κ1) is 14.8. The van der Waals surface area contributed by atoms with Gasteiger partial charge in [-0.15, -0.1) is 0 Å². The van der Waals surface area contributed by atoms with Crippen molar-refractivity contribution in [3.8, 4) is 0 Å². The molecular weight excluding hydrogens is 271 g/mol. The first-order valence-corrected chi connectivity index (χ1v) is 6.51. The fourth-order valence-corrected chi connectivity index (χ4v) is 2.49. The van der Waals surface area contributed by atoms with E-state index in [1.54, 1.807) is 0 Å². The number of methoxy groups -OCH3 is 1. The highest BCUT2D eigenvalue weighted by atomic mass is 19.2. The minimum Gasteiger partial charge on any atom is -0.468 e. The Kier molecular flexibility index (Phi) is 4.65. The summed E-state index contributed by atoms with van der Waals surface area (Å²) in [5, 5.41) is 3.03. The number of carbonyl (C=O) groups excluding carboxylic acids is 1. The van der Waals surface area contributed by atoms with Crippen LogP contribution in [-0.4, -0.2) is 19.1 Å². The zero-order valence-electron chi connectivity index (χ0n) is 11.1. The van der Waals surface area contributed by atoms with Gasteiger partial charge in [-0.1, -0.05) is 12.8 Å². The molecule has 6 heteroatoms. The standard InChI is InChI=1S/C14H16F3NO2/c1-20-14(19)13(18-9-4-2-3-5-9)8-6-10(15)12(17)11(16)7-8/h6-7,9,13,18H,2-5H2,1H3. The van der Waals surface area contributed by atoms with Gasteiger partial charge in [-0.25, -0.2) is 18.0 Å². The lowest BCUT2D eigenvalue weighted by atomic mass is 10.0. The minimum absolute atomic E-state index is 0.0279. The highest BCUT2D eigenvalue weighted by Crippen LogP contribution is 2.25. The summed E-state index contributed by atoms with van der Waals surface area (Å²) in [5.41, 5.74) is 0.0279. The zero-order chi connectivity index (χ0) is 14.7. The van der Waals surface area contributed by atoms with Crippen molar-refractivity contribution < 1.29 is 22.7 Å². The van der Waals surface area contributed by atoms with E-state index >= 15 is 0 Å². The van der Waals surface area contributed by atoms with E-state index in [1.165, 1.54) is 7.11 Å². The molecule has 0 saturated heterocycles. The third-order valence-electron chi connectivity index (χ3n) is 3.53. The molecule has 1 saturated carbocycles. The smallest absolute Gasteiger partial charge is 0.327 e. The Morgan fingerprint density at radius 2 is 1.80 bits per heavy atom. The van der Waals surface area contributed by atoms with Gasteiger partial charge in [0.2, 0.25) is 0 Å². The van der Waals surface area contributed by atoms with Crippen LogP contribution in [0.25, 0.3) is 0 Å². The van der Waals surface area contributed by atoms with Crippen molar-refractivity contribution >= 4 is 5.97 Å². The number of benzene rings is 1. The molecule has 1 fully saturated rings. The summed E-state index contributed by atoms with van der Waals surface area (Å²) < 4.78 is 44.2. The molecular formula is C14H16F3NO2. The molecule has 20 heavy (non-hydrogen) atoms. The predicted molar refractivity (Wildman–Crippen MR) is 66.5 cm³/mol. The average molecular weight is 287 g/mol. The van der Waals surface area contributed by atoms with Gasteiger partial charge in [-0.2, -0.15) is 0 Å². The summed E-state index contributed by atoms with van der Waals surface area (Å²) in [6, 6.07) is 0.743. The van der Waals surface area contributed by atoms with Crippen molar-refractivity contribution in [1.82, 2.24) is 5.32 Å². The van der Waals surface area contributed by atoms with Crippen LogP contribution < -0.4 is 5.32 Å². The Bertz CT molecular complexity index is 478. The Hall–Kier alpha value is -1.56. The molecule has 2 rings (SSSR count). The predicted octanol–water partition coefficient (Wildman–Crippen LogP) is 2.85. The van der Waals surface area contributed by atoms with Gasteiger partial charge in [0, 0.05) is 6.04 Å². The molecule has 0 radical (unpaired) electrons. The molecule has 1 aromatic rings. The summed E-state index contributed by atoms with van der Waals surface area (Å²) in [4.78, 5) is 11.8. The summed E-state index contributed by atoms with van der Waals surface area (Å²) in [6.45, 7) is 0. The van der Waals surface area contributed by atoms with Crippen molar-refractivity contribution in [2.24, 2.45) is 0 Å². The summed E-state index contributed by atoms with van der Waals surface area (Å²) in [5.74, 6) is -4.83. The van der Waals surface area contributed by atoms with Crippen molar-refractivity contribution in [3.05, 3.63) is 35.1 Å². The SMILES string of the molecule is COC(=O)C(NC1CCCC1)c1cc(F)c(F)c(F)c1. The molecule has 110 valence electrons. The van der Waals surface area contributed by atoms with E-state index in [2.05, 4.69) is 10.1 Å². The quantitative estimate of drug-likeness (QED) is 0.683. The third-order valence-corrected chi connectivity index (χ3v) is 3.53. The Morgan fingerprint density at radius 3 is 2.30 bits per heavy atom. The van der Waals surface area contributed by atoms with Crippen LogP contribution in [0.15, 0.2) is 12.1 Å². The molecule has 0 aliphatic heterocycles. The average Bonchev–Trinajstić information content (AvgIpc) is 2.93. The largest absolute Gasteiger partial charge is 0.468 e. The lowest BCUT2D eigenvalue weighted by Gasteiger charge is -2.21. The molecule has 1 atom stereocenters. The monoisotopic (exact) mass is 287 g/mol. The van der Waals surface area contributed by atoms with Gasteiger partial charge in [0.05, 0.1) is 7.11 Å². The molecule has 0 spiro atoms. The number of nitrogens with one attached hydrogen (secondary N) is 1. The van der Waals surface area contributed by atoms with Crippen molar-refractivity contribution in [2.45, 2.75) is 37.8 Å². The fraction of sp³-hybridized carbons (Fsp3) is 0.500. The first-order chi connectivity index (χ1) is 9.52. The molecule has 0 amide bonds. The molecule has 0 aromatic heterocycles. The molecule has 1 aliphatic rings. The lowest BCUT2D eigenvalue weighted by molar-refractivity contribution is -0.143. The molecule has 1 aromatic carbocycles. The molecule has 0 heterocycles. The summed E-state index contributed by atoms with van der Waals surface area (Å²) >= 11 is 0. The fourth-order valence-electron chi connectivity index (χ4n) is 2.49. The summed E-state index contributed by atoms with van der Waals surface area (Å²) in [7, 11) is 1.20. The number of carbonyl (C=O) groups is 1. The Balaban J connectivity index is 2.28. The molecule has 0 bridgehead atoms. The maximum atomic E-state index is 13.3. The normalized spacial score (nSPS) is 17.2. The Labute approximate surface area is 115 Å². The van der Waals surface area contributed by atoms with E-state index in [9.17, 15) is 18.0 Å². The molecule has 1 aliphatic carbocycles. The van der Waals surface area contributed by atoms with Crippen molar-refractivity contribution in [2.75, 3.05) is 7.11 Å². The second-order valence-electron chi connectivity index (χ2n) is 4.90. The Morgan fingerprint density at radius 1 is 1.25 bits per heavy atom. The van der Waals surface area contributed by atoms with Crippen LogP contribution in [0.3, 0.4) is 0 Å². The van der Waals surface area contributed by atoms with Crippen LogP contribution >= 0.6 is 0 Å². The number of halogens is 3. The number of rotatable bonds is 4. The van der Waals surface area contributed by atoms with Crippen molar-refractivity contribution in [3.63, 3.8) is 0 Å². The van der Waals surface area contributed by atoms with Crippen LogP contribution in [0, 0.1) is 17.5 Å². The minimum atomic E-state index is -1.54. The van der Waals surface area contributed by atoms with Crippen LogP contribution in [0.4, 0.5) is 13.2 Å². The van der Waals surface area contributed by atoms with E-state index in [0.717, 1.165) is 37.8 Å². The molecule has 3 nitrogen and oxygen atoms in total. The lowest BCUT2D eigenvalue weighted by Crippen LogP contribution is -2.36. The van der Waals surface area contributed by atoms with E-state index in [4.69, 9.17) is 0 Å². The van der Waals surface area contributed by atoms with E-state index in [-0.39, 0.29) is 11.6 Å². The van der Waals surface area contributed by atoms with E-state index in [0.29, 0.717) is 0 Å². The van der Waals surface area contributed by atoms with Crippen LogP contribution in [0.2, 0.25) is 0 Å². The van der Waals surface area contributed by atoms with Crippen LogP contribution in [0.1, 0.15) is 37.3 Å². The van der Waals surface area contributed by atoms with E-state index in [1.807, 2.05) is 0 Å². The third kappa shape index (κ3) is 3.12. The number of esters is 1. The first-order valence-electron chi connectivity index (χ1n) is 6.51. The van der Waals surface area contributed by atoms with Gasteiger partial charge in [0.25, 0.3) is 0 Å². The topological polar surface area (TPSA) is 38.3 Å².